The first kappa shape index (κ1) is 31.4. The average molecular weight is 607 g/mol. The van der Waals surface area contributed by atoms with Gasteiger partial charge < -0.3 is 13.9 Å². The first-order valence-corrected chi connectivity index (χ1v) is 18.3. The van der Waals surface area contributed by atoms with E-state index >= 15 is 0 Å². The molecule has 4 aromatic carbocycles. The third kappa shape index (κ3) is 6.72. The highest BCUT2D eigenvalue weighted by Crippen LogP contribution is 2.42. The molecule has 0 fully saturated rings. The van der Waals surface area contributed by atoms with Crippen LogP contribution in [0.4, 0.5) is 0 Å². The Morgan fingerprint density at radius 2 is 1.43 bits per heavy atom. The Balaban J connectivity index is 1.54. The summed E-state index contributed by atoms with van der Waals surface area (Å²) in [6.45, 7) is 12.8. The highest BCUT2D eigenvalue weighted by atomic mass is 28.4. The van der Waals surface area contributed by atoms with Gasteiger partial charge in [0, 0.05) is 22.8 Å². The van der Waals surface area contributed by atoms with Crippen molar-refractivity contribution in [1.82, 2.24) is 0 Å². The molecule has 0 saturated heterocycles. The Bertz CT molecular complexity index is 1800. The van der Waals surface area contributed by atoms with E-state index in [1.807, 2.05) is 6.07 Å². The number of furan rings is 1. The van der Waals surface area contributed by atoms with Crippen LogP contribution < -0.4 is 0 Å². The maximum Gasteiger partial charge on any atom is 0.314 e. The Morgan fingerprint density at radius 3 is 2.09 bits per heavy atom. The number of carbonyl (C=O) groups excluding carboxylic acids is 1. The minimum Gasteiger partial charge on any atom is -0.481 e. The lowest BCUT2D eigenvalue weighted by molar-refractivity contribution is -0.139. The fourth-order valence-electron chi connectivity index (χ4n) is 5.39. The predicted octanol–water partition coefficient (Wildman–Crippen LogP) is 9.58. The molecule has 2 unspecified atom stereocenters. The van der Waals surface area contributed by atoms with E-state index in [-0.39, 0.29) is 11.1 Å². The fourth-order valence-corrected chi connectivity index (χ4v) is 6.68. The molecule has 2 atom stereocenters. The lowest BCUT2D eigenvalue weighted by atomic mass is 9.93. The van der Waals surface area contributed by atoms with Crippen molar-refractivity contribution in [1.29, 1.82) is 0 Å². The molecule has 6 heteroatoms. The number of Topliss-reactive ketones (excluding diaryl/α,β-unsaturated/α-hetero) is 1. The molecule has 0 aliphatic rings. The quantitative estimate of drug-likeness (QED) is 0.0920. The Morgan fingerprint density at radius 1 is 0.818 bits per heavy atom. The molecule has 0 amide bonds. The molecule has 0 bridgehead atoms. The van der Waals surface area contributed by atoms with Crippen LogP contribution in [0.1, 0.15) is 66.4 Å². The van der Waals surface area contributed by atoms with Crippen molar-refractivity contribution in [3.05, 3.63) is 119 Å². The lowest BCUT2D eigenvalue weighted by Gasteiger charge is -2.39. The fraction of sp³-hybridized carbons (Fsp3) is 0.316. The van der Waals surface area contributed by atoms with E-state index in [0.29, 0.717) is 16.7 Å². The average Bonchev–Trinajstić information content (AvgIpc) is 3.36. The number of ketones is 1. The van der Waals surface area contributed by atoms with Gasteiger partial charge in [0.25, 0.3) is 0 Å². The molecule has 0 aliphatic carbocycles. The lowest BCUT2D eigenvalue weighted by Crippen LogP contribution is -2.42. The van der Waals surface area contributed by atoms with Gasteiger partial charge in [-0.3, -0.25) is 9.59 Å². The Labute approximate surface area is 261 Å². The number of hydrogen-bond acceptors (Lipinski definition) is 4. The first-order chi connectivity index (χ1) is 20.8. The molecule has 0 spiro atoms. The van der Waals surface area contributed by atoms with Gasteiger partial charge >= 0.3 is 5.97 Å². The van der Waals surface area contributed by atoms with Crippen LogP contribution in [0.2, 0.25) is 18.1 Å². The Hall–Kier alpha value is -4.00. The van der Waals surface area contributed by atoms with E-state index in [9.17, 15) is 14.7 Å². The van der Waals surface area contributed by atoms with Gasteiger partial charge in [-0.1, -0.05) is 81.4 Å². The molecule has 5 rings (SSSR count). The molecule has 5 aromatic rings. The second-order valence-electron chi connectivity index (χ2n) is 13.3. The standard InChI is InChI=1S/C38H42O5Si/c1-25(37(40)41)36(39)30-19-21-34-32(23-30)31-22-29(18-20-33(31)42-34)35(43-44(5,6)38(2,3)4)24-28-15-11-10-14-27(28)17-16-26-12-8-7-9-13-26/h7-15,18-23,25,35H,16-17,24H2,1-6H3,(H,40,41). The molecular formula is C38H42O5Si. The number of carbonyl (C=O) groups is 2. The van der Waals surface area contributed by atoms with Crippen molar-refractivity contribution in [3.8, 4) is 0 Å². The summed E-state index contributed by atoms with van der Waals surface area (Å²) in [5.41, 5.74) is 6.72. The summed E-state index contributed by atoms with van der Waals surface area (Å²) in [4.78, 5) is 24.3. The van der Waals surface area contributed by atoms with Gasteiger partial charge in [-0.2, -0.15) is 0 Å². The number of aliphatic carboxylic acids is 1. The monoisotopic (exact) mass is 606 g/mol. The van der Waals surface area contributed by atoms with Crippen molar-refractivity contribution in [2.24, 2.45) is 5.92 Å². The molecule has 44 heavy (non-hydrogen) atoms. The molecule has 1 N–H and O–H groups in total. The second kappa shape index (κ2) is 12.5. The van der Waals surface area contributed by atoms with Gasteiger partial charge in [-0.25, -0.2) is 0 Å². The van der Waals surface area contributed by atoms with Crippen LogP contribution in [0.5, 0.6) is 0 Å². The molecule has 1 heterocycles. The molecule has 0 radical (unpaired) electrons. The summed E-state index contributed by atoms with van der Waals surface area (Å²) < 4.78 is 13.3. The van der Waals surface area contributed by atoms with Crippen molar-refractivity contribution in [3.63, 3.8) is 0 Å². The van der Waals surface area contributed by atoms with Crippen LogP contribution in [0.25, 0.3) is 21.9 Å². The van der Waals surface area contributed by atoms with Crippen LogP contribution in [-0.4, -0.2) is 25.2 Å². The van der Waals surface area contributed by atoms with E-state index in [2.05, 4.69) is 101 Å². The minimum atomic E-state index is -2.17. The van der Waals surface area contributed by atoms with Gasteiger partial charge in [-0.05, 0) is 90.5 Å². The van der Waals surface area contributed by atoms with Crippen molar-refractivity contribution in [2.45, 2.75) is 71.2 Å². The number of fused-ring (bicyclic) bond motifs is 3. The van der Waals surface area contributed by atoms with Gasteiger partial charge in [0.15, 0.2) is 14.1 Å². The Kier molecular flexibility index (Phi) is 8.96. The van der Waals surface area contributed by atoms with E-state index in [1.54, 1.807) is 18.2 Å². The SMILES string of the molecule is CC(C(=O)O)C(=O)c1ccc2oc3ccc(C(Cc4ccccc4CCc4ccccc4)O[Si](C)(C)C(C)(C)C)cc3c2c1. The van der Waals surface area contributed by atoms with Crippen LogP contribution in [0.3, 0.4) is 0 Å². The third-order valence-electron chi connectivity index (χ3n) is 9.21. The summed E-state index contributed by atoms with van der Waals surface area (Å²) in [5, 5.41) is 11.1. The minimum absolute atomic E-state index is 0.0284. The predicted molar refractivity (Wildman–Crippen MR) is 180 cm³/mol. The first-order valence-electron chi connectivity index (χ1n) is 15.4. The number of benzene rings is 4. The van der Waals surface area contributed by atoms with Gasteiger partial charge in [0.1, 0.15) is 17.1 Å². The second-order valence-corrected chi connectivity index (χ2v) is 18.1. The topological polar surface area (TPSA) is 76.7 Å². The van der Waals surface area contributed by atoms with Crippen LogP contribution >= 0.6 is 0 Å². The van der Waals surface area contributed by atoms with E-state index < -0.39 is 26.0 Å². The van der Waals surface area contributed by atoms with Crippen molar-refractivity contribution >= 4 is 42.0 Å². The number of aryl methyl sites for hydroxylation is 2. The number of carboxylic acids is 1. The number of carboxylic acid groups (broad SMARTS) is 1. The molecule has 5 nitrogen and oxygen atoms in total. The molecule has 0 saturated carbocycles. The highest BCUT2D eigenvalue weighted by molar-refractivity contribution is 6.74. The van der Waals surface area contributed by atoms with Gasteiger partial charge in [-0.15, -0.1) is 0 Å². The van der Waals surface area contributed by atoms with Crippen molar-refractivity contribution in [2.75, 3.05) is 0 Å². The van der Waals surface area contributed by atoms with Gasteiger partial charge in [0.05, 0.1) is 6.10 Å². The molecule has 0 aliphatic heterocycles. The van der Waals surface area contributed by atoms with E-state index in [0.717, 1.165) is 35.6 Å². The number of hydrogen-bond donors (Lipinski definition) is 1. The summed E-state index contributed by atoms with van der Waals surface area (Å²) in [5.74, 6) is -2.68. The zero-order valence-corrected chi connectivity index (χ0v) is 27.5. The normalized spacial score (nSPS) is 13.7. The summed E-state index contributed by atoms with van der Waals surface area (Å²) in [7, 11) is -2.17. The maximum atomic E-state index is 12.9. The summed E-state index contributed by atoms with van der Waals surface area (Å²) in [6.07, 6.45) is 2.47. The maximum absolute atomic E-state index is 12.9. The van der Waals surface area contributed by atoms with Crippen LogP contribution in [0, 0.1) is 5.92 Å². The zero-order chi connectivity index (χ0) is 31.6. The van der Waals surface area contributed by atoms with Crippen LogP contribution in [-0.2, 0) is 28.5 Å². The van der Waals surface area contributed by atoms with Crippen molar-refractivity contribution < 1.29 is 23.5 Å². The molecular weight excluding hydrogens is 564 g/mol. The van der Waals surface area contributed by atoms with E-state index in [1.165, 1.54) is 23.6 Å². The molecule has 1 aromatic heterocycles. The number of rotatable bonds is 11. The van der Waals surface area contributed by atoms with Crippen LogP contribution in [0.15, 0.2) is 95.4 Å². The third-order valence-corrected chi connectivity index (χ3v) is 13.7. The summed E-state index contributed by atoms with van der Waals surface area (Å²) >= 11 is 0. The largest absolute Gasteiger partial charge is 0.481 e. The molecule has 228 valence electrons. The smallest absolute Gasteiger partial charge is 0.314 e. The van der Waals surface area contributed by atoms with Gasteiger partial charge in [0.2, 0.25) is 0 Å². The summed E-state index contributed by atoms with van der Waals surface area (Å²) in [6, 6.07) is 30.6. The zero-order valence-electron chi connectivity index (χ0n) is 26.5. The highest BCUT2D eigenvalue weighted by Gasteiger charge is 2.39. The van der Waals surface area contributed by atoms with E-state index in [4.69, 9.17) is 8.84 Å².